The molecule has 1 amide bonds. The van der Waals surface area contributed by atoms with Gasteiger partial charge in [-0.2, -0.15) is 0 Å². The molecule has 17 heavy (non-hydrogen) atoms. The lowest BCUT2D eigenvalue weighted by Crippen LogP contribution is -2.50. The van der Waals surface area contributed by atoms with Gasteiger partial charge in [0.1, 0.15) is 0 Å². The Balaban J connectivity index is 2.50. The van der Waals surface area contributed by atoms with Crippen molar-refractivity contribution in [3.8, 4) is 0 Å². The Kier molecular flexibility index (Phi) is 4.51. The lowest BCUT2D eigenvalue weighted by Gasteiger charge is -2.31. The maximum absolute atomic E-state index is 12.0. The molecule has 1 rings (SSSR count). The van der Waals surface area contributed by atoms with Gasteiger partial charge in [0.15, 0.2) is 0 Å². The van der Waals surface area contributed by atoms with Crippen LogP contribution in [-0.4, -0.2) is 35.1 Å². The first-order valence-electron chi connectivity index (χ1n) is 6.07. The summed E-state index contributed by atoms with van der Waals surface area (Å²) in [6.45, 7) is 6.38. The fourth-order valence-corrected chi connectivity index (χ4v) is 2.23. The summed E-state index contributed by atoms with van der Waals surface area (Å²) in [6, 6.07) is 0.349. The van der Waals surface area contributed by atoms with E-state index in [-0.39, 0.29) is 18.2 Å². The average Bonchev–Trinajstić information content (AvgIpc) is 2.14. The number of piperidine rings is 1. The summed E-state index contributed by atoms with van der Waals surface area (Å²) >= 11 is 0. The van der Waals surface area contributed by atoms with E-state index in [4.69, 9.17) is 5.11 Å². The SMILES string of the molecule is CC1CC(C(=O)NC(C)(C)CC(=O)O)CCN1. The molecule has 1 aliphatic heterocycles. The zero-order chi connectivity index (χ0) is 13.1. The molecule has 1 aliphatic rings. The van der Waals surface area contributed by atoms with Crippen LogP contribution in [0.3, 0.4) is 0 Å². The Morgan fingerprint density at radius 2 is 2.12 bits per heavy atom. The van der Waals surface area contributed by atoms with Gasteiger partial charge in [-0.1, -0.05) is 0 Å². The number of amides is 1. The molecular formula is C12H22N2O3. The zero-order valence-corrected chi connectivity index (χ0v) is 10.7. The smallest absolute Gasteiger partial charge is 0.305 e. The molecule has 98 valence electrons. The molecule has 5 heteroatoms. The molecule has 0 spiro atoms. The highest BCUT2D eigenvalue weighted by atomic mass is 16.4. The van der Waals surface area contributed by atoms with Gasteiger partial charge in [0, 0.05) is 17.5 Å². The monoisotopic (exact) mass is 242 g/mol. The molecule has 5 nitrogen and oxygen atoms in total. The van der Waals surface area contributed by atoms with Crippen molar-refractivity contribution >= 4 is 11.9 Å². The van der Waals surface area contributed by atoms with Crippen LogP contribution < -0.4 is 10.6 Å². The second-order valence-electron chi connectivity index (χ2n) is 5.52. The summed E-state index contributed by atoms with van der Waals surface area (Å²) in [5.74, 6) is -0.919. The molecule has 0 aliphatic carbocycles. The molecule has 0 aromatic rings. The van der Waals surface area contributed by atoms with Gasteiger partial charge in [-0.05, 0) is 40.2 Å². The van der Waals surface area contributed by atoms with Crippen LogP contribution in [0.15, 0.2) is 0 Å². The maximum atomic E-state index is 12.0. The van der Waals surface area contributed by atoms with Gasteiger partial charge < -0.3 is 15.7 Å². The number of carbonyl (C=O) groups excluding carboxylic acids is 1. The number of carboxylic acids is 1. The molecule has 3 N–H and O–H groups in total. The van der Waals surface area contributed by atoms with Crippen molar-refractivity contribution in [1.29, 1.82) is 0 Å². The summed E-state index contributed by atoms with van der Waals surface area (Å²) in [5.41, 5.74) is -0.684. The lowest BCUT2D eigenvalue weighted by atomic mass is 9.91. The molecule has 2 atom stereocenters. The summed E-state index contributed by atoms with van der Waals surface area (Å²) in [7, 11) is 0. The van der Waals surface area contributed by atoms with Crippen LogP contribution in [-0.2, 0) is 9.59 Å². The van der Waals surface area contributed by atoms with Crippen molar-refractivity contribution in [1.82, 2.24) is 10.6 Å². The van der Waals surface area contributed by atoms with Crippen molar-refractivity contribution < 1.29 is 14.7 Å². The maximum Gasteiger partial charge on any atom is 0.305 e. The second kappa shape index (κ2) is 5.49. The molecule has 2 unspecified atom stereocenters. The van der Waals surface area contributed by atoms with Gasteiger partial charge in [0.05, 0.1) is 6.42 Å². The normalized spacial score (nSPS) is 25.4. The molecular weight excluding hydrogens is 220 g/mol. The van der Waals surface area contributed by atoms with E-state index in [0.29, 0.717) is 6.04 Å². The van der Waals surface area contributed by atoms with Crippen LogP contribution in [0.4, 0.5) is 0 Å². The fourth-order valence-electron chi connectivity index (χ4n) is 2.23. The van der Waals surface area contributed by atoms with Crippen LogP contribution in [0.5, 0.6) is 0 Å². The van der Waals surface area contributed by atoms with Gasteiger partial charge in [0.2, 0.25) is 5.91 Å². The van der Waals surface area contributed by atoms with Crippen molar-refractivity contribution in [3.05, 3.63) is 0 Å². The summed E-state index contributed by atoms with van der Waals surface area (Å²) in [5, 5.41) is 14.9. The molecule has 1 fully saturated rings. The summed E-state index contributed by atoms with van der Waals surface area (Å²) in [6.07, 6.45) is 1.58. The van der Waals surface area contributed by atoms with E-state index in [9.17, 15) is 9.59 Å². The van der Waals surface area contributed by atoms with E-state index in [1.807, 2.05) is 0 Å². The Labute approximate surface area is 102 Å². The van der Waals surface area contributed by atoms with Gasteiger partial charge >= 0.3 is 5.97 Å². The molecule has 0 bridgehead atoms. The van der Waals surface area contributed by atoms with Crippen LogP contribution in [0.25, 0.3) is 0 Å². The first-order valence-corrected chi connectivity index (χ1v) is 6.07. The van der Waals surface area contributed by atoms with Crippen molar-refractivity contribution in [2.75, 3.05) is 6.54 Å². The van der Waals surface area contributed by atoms with Gasteiger partial charge in [-0.25, -0.2) is 0 Å². The predicted octanol–water partition coefficient (Wildman–Crippen LogP) is 0.744. The largest absolute Gasteiger partial charge is 0.481 e. The first kappa shape index (κ1) is 14.0. The third-order valence-corrected chi connectivity index (χ3v) is 3.05. The Morgan fingerprint density at radius 3 is 2.65 bits per heavy atom. The molecule has 0 aromatic carbocycles. The highest BCUT2D eigenvalue weighted by Crippen LogP contribution is 2.18. The number of rotatable bonds is 4. The number of hydrogen-bond acceptors (Lipinski definition) is 3. The third kappa shape index (κ3) is 4.73. The zero-order valence-electron chi connectivity index (χ0n) is 10.7. The second-order valence-corrected chi connectivity index (χ2v) is 5.52. The van der Waals surface area contributed by atoms with Crippen molar-refractivity contribution in [2.45, 2.75) is 51.6 Å². The number of carboxylic acid groups (broad SMARTS) is 1. The molecule has 0 aromatic heterocycles. The van der Waals surface area contributed by atoms with E-state index in [0.717, 1.165) is 19.4 Å². The van der Waals surface area contributed by atoms with Gasteiger partial charge in [-0.15, -0.1) is 0 Å². The van der Waals surface area contributed by atoms with E-state index < -0.39 is 11.5 Å². The Morgan fingerprint density at radius 1 is 1.47 bits per heavy atom. The van der Waals surface area contributed by atoms with Crippen LogP contribution >= 0.6 is 0 Å². The standard InChI is InChI=1S/C12H22N2O3/c1-8-6-9(4-5-13-8)11(17)14-12(2,3)7-10(15)16/h8-9,13H,4-7H2,1-3H3,(H,14,17)(H,15,16). The van der Waals surface area contributed by atoms with Crippen molar-refractivity contribution in [2.24, 2.45) is 5.92 Å². The molecule has 0 saturated carbocycles. The molecule has 1 saturated heterocycles. The fraction of sp³-hybridized carbons (Fsp3) is 0.833. The predicted molar refractivity (Wildman–Crippen MR) is 64.7 cm³/mol. The Hall–Kier alpha value is -1.10. The van der Waals surface area contributed by atoms with E-state index in [1.165, 1.54) is 0 Å². The summed E-state index contributed by atoms with van der Waals surface area (Å²) < 4.78 is 0. The van der Waals surface area contributed by atoms with E-state index >= 15 is 0 Å². The summed E-state index contributed by atoms with van der Waals surface area (Å²) in [4.78, 5) is 22.7. The quantitative estimate of drug-likeness (QED) is 0.679. The lowest BCUT2D eigenvalue weighted by molar-refractivity contribution is -0.139. The molecule has 0 radical (unpaired) electrons. The van der Waals surface area contributed by atoms with Gasteiger partial charge in [0.25, 0.3) is 0 Å². The number of carbonyl (C=O) groups is 2. The van der Waals surface area contributed by atoms with Crippen molar-refractivity contribution in [3.63, 3.8) is 0 Å². The minimum atomic E-state index is -0.894. The first-order chi connectivity index (χ1) is 7.80. The highest BCUT2D eigenvalue weighted by molar-refractivity contribution is 5.80. The topological polar surface area (TPSA) is 78.4 Å². The highest BCUT2D eigenvalue weighted by Gasteiger charge is 2.30. The number of nitrogens with one attached hydrogen (secondary N) is 2. The van der Waals surface area contributed by atoms with Crippen LogP contribution in [0, 0.1) is 5.92 Å². The van der Waals surface area contributed by atoms with Gasteiger partial charge in [-0.3, -0.25) is 9.59 Å². The third-order valence-electron chi connectivity index (χ3n) is 3.05. The number of aliphatic carboxylic acids is 1. The minimum absolute atomic E-state index is 0.000630. The van der Waals surface area contributed by atoms with E-state index in [1.54, 1.807) is 13.8 Å². The minimum Gasteiger partial charge on any atom is -0.481 e. The van der Waals surface area contributed by atoms with Crippen LogP contribution in [0.2, 0.25) is 0 Å². The average molecular weight is 242 g/mol. The van der Waals surface area contributed by atoms with E-state index in [2.05, 4.69) is 17.6 Å². The Bertz CT molecular complexity index is 302. The number of hydrogen-bond donors (Lipinski definition) is 3. The van der Waals surface area contributed by atoms with Crippen LogP contribution in [0.1, 0.15) is 40.0 Å². The molecule has 1 heterocycles.